The van der Waals surface area contributed by atoms with Gasteiger partial charge in [0, 0.05) is 37.5 Å². The van der Waals surface area contributed by atoms with Crippen molar-refractivity contribution in [3.63, 3.8) is 0 Å². The summed E-state index contributed by atoms with van der Waals surface area (Å²) < 4.78 is 19.2. The topological polar surface area (TPSA) is 201 Å². The van der Waals surface area contributed by atoms with Crippen molar-refractivity contribution in [3.05, 3.63) is 47.5 Å². The first kappa shape index (κ1) is 44.3. The molecule has 0 aliphatic carbocycles. The van der Waals surface area contributed by atoms with Crippen LogP contribution in [0.25, 0.3) is 11.1 Å². The molecule has 2 atom stereocenters. The van der Waals surface area contributed by atoms with Crippen molar-refractivity contribution in [3.8, 4) is 22.6 Å². The molecule has 4 N–H and O–H groups in total. The van der Waals surface area contributed by atoms with E-state index in [4.69, 9.17) is 14.2 Å². The first-order valence-corrected chi connectivity index (χ1v) is 17.9. The van der Waals surface area contributed by atoms with Crippen molar-refractivity contribution < 1.29 is 53.2 Å². The van der Waals surface area contributed by atoms with Crippen LogP contribution >= 0.6 is 11.9 Å². The average molecular weight is 761 g/mol. The van der Waals surface area contributed by atoms with E-state index in [0.717, 1.165) is 0 Å². The number of aromatic hydroxyl groups is 1. The van der Waals surface area contributed by atoms with Crippen molar-refractivity contribution in [2.45, 2.75) is 79.1 Å². The molecule has 53 heavy (non-hydrogen) atoms. The van der Waals surface area contributed by atoms with Gasteiger partial charge >= 0.3 is 18.2 Å². The fraction of sp³-hybridized carbons (Fsp3) is 0.514. The zero-order valence-electron chi connectivity index (χ0n) is 32.0. The van der Waals surface area contributed by atoms with Crippen LogP contribution in [0, 0.1) is 5.92 Å². The Hall–Kier alpha value is -4.83. The molecule has 0 fully saturated rings. The van der Waals surface area contributed by atoms with Crippen LogP contribution < -0.4 is 14.8 Å². The van der Waals surface area contributed by atoms with E-state index in [2.05, 4.69) is 10.0 Å². The summed E-state index contributed by atoms with van der Waals surface area (Å²) >= 11 is 1.20. The van der Waals surface area contributed by atoms with Gasteiger partial charge in [0.1, 0.15) is 34.5 Å². The van der Waals surface area contributed by atoms with E-state index in [-0.39, 0.29) is 53.5 Å². The molecule has 0 saturated carbocycles. The number of aliphatic carboxylic acids is 1. The fourth-order valence-corrected chi connectivity index (χ4v) is 5.41. The quantitative estimate of drug-likeness (QED) is 0.0776. The highest BCUT2D eigenvalue weighted by atomic mass is 32.2. The van der Waals surface area contributed by atoms with Crippen LogP contribution in [0.1, 0.15) is 72.6 Å². The highest BCUT2D eigenvalue weighted by Gasteiger charge is 2.31. The molecule has 2 unspecified atom stereocenters. The molecule has 0 aliphatic rings. The second-order valence-corrected chi connectivity index (χ2v) is 15.5. The summed E-state index contributed by atoms with van der Waals surface area (Å²) in [7, 11) is 3.02. The molecule has 15 nitrogen and oxygen atoms in total. The minimum absolute atomic E-state index is 0.0481. The van der Waals surface area contributed by atoms with E-state index >= 15 is 0 Å². The van der Waals surface area contributed by atoms with Crippen LogP contribution in [0.15, 0.2) is 36.4 Å². The number of phenolic OH excluding ortho intramolecular Hbond substituents is 1. The summed E-state index contributed by atoms with van der Waals surface area (Å²) in [5.41, 5.74) is -0.433. The predicted octanol–water partition coefficient (Wildman–Crippen LogP) is 4.95. The molecule has 292 valence electrons. The number of ketones is 1. The van der Waals surface area contributed by atoms with Crippen LogP contribution in [0.5, 0.6) is 11.5 Å². The summed E-state index contributed by atoms with van der Waals surface area (Å²) in [5.74, 6) is -3.11. The van der Waals surface area contributed by atoms with Crippen LogP contribution in [0.2, 0.25) is 0 Å². The Morgan fingerprint density at radius 2 is 1.53 bits per heavy atom. The molecule has 0 aliphatic heterocycles. The first-order valence-electron chi connectivity index (χ1n) is 16.9. The monoisotopic (exact) mass is 760 g/mol. The van der Waals surface area contributed by atoms with Crippen molar-refractivity contribution in [2.75, 3.05) is 39.5 Å². The number of rotatable bonds is 16. The second-order valence-electron chi connectivity index (χ2n) is 14.5. The molecule has 0 radical (unpaired) electrons. The Balaban J connectivity index is 2.49. The Kier molecular flexibility index (Phi) is 16.1. The molecule has 2 rings (SSSR count). The zero-order chi connectivity index (χ0) is 40.3. The molecule has 3 amide bonds. The summed E-state index contributed by atoms with van der Waals surface area (Å²) in [4.78, 5) is 78.0. The van der Waals surface area contributed by atoms with Gasteiger partial charge in [0.2, 0.25) is 11.8 Å². The number of ether oxygens (including phenoxy) is 3. The van der Waals surface area contributed by atoms with Gasteiger partial charge in [-0.2, -0.15) is 0 Å². The number of carbonyl (C=O) groups is 6. The number of carboxylic acids is 1. The van der Waals surface area contributed by atoms with E-state index in [1.807, 2.05) is 0 Å². The standard InChI is InChI=1S/C37H52N4O11S/c1-22(33(46)47)17-24-11-13-28(43)26(18-24)27-19-25(12-14-29(27)50-35(49)52-37(6,7)8)31(32(45)38-20-23(2)42)41(10)30(44)21-39-53-16-15-40(9)34(48)51-36(3,4)5/h11-14,18-19,22,31,39,43H,15-17,20-21H2,1-10H3,(H,38,45)(H,46,47). The first-order chi connectivity index (χ1) is 24.5. The lowest BCUT2D eigenvalue weighted by atomic mass is 9.93. The third kappa shape index (κ3) is 15.0. The number of carboxylic acid groups (broad SMARTS) is 1. The highest BCUT2D eigenvalue weighted by Crippen LogP contribution is 2.39. The number of hydrogen-bond acceptors (Lipinski definition) is 12. The summed E-state index contributed by atoms with van der Waals surface area (Å²) in [6.07, 6.45) is -1.39. The van der Waals surface area contributed by atoms with E-state index < -0.39 is 53.2 Å². The molecule has 0 heterocycles. The van der Waals surface area contributed by atoms with Gasteiger partial charge in [-0.3, -0.25) is 23.9 Å². The number of amides is 3. The smallest absolute Gasteiger partial charge is 0.507 e. The van der Waals surface area contributed by atoms with Crippen LogP contribution in [-0.2, 0) is 35.1 Å². The third-order valence-corrected chi connectivity index (χ3v) is 8.05. The maximum Gasteiger partial charge on any atom is 0.514 e. The summed E-state index contributed by atoms with van der Waals surface area (Å²) in [5, 5.41) is 23.0. The number of hydrogen-bond donors (Lipinski definition) is 4. The van der Waals surface area contributed by atoms with Gasteiger partial charge in [-0.05, 0) is 90.3 Å². The zero-order valence-corrected chi connectivity index (χ0v) is 32.8. The number of nitrogens with zero attached hydrogens (tertiary/aromatic N) is 2. The molecule has 0 spiro atoms. The lowest BCUT2D eigenvalue weighted by molar-refractivity contribution is -0.141. The molecule has 0 bridgehead atoms. The van der Waals surface area contributed by atoms with Crippen molar-refractivity contribution in [1.82, 2.24) is 19.8 Å². The molecular weight excluding hydrogens is 708 g/mol. The molecule has 2 aromatic rings. The van der Waals surface area contributed by atoms with Gasteiger partial charge in [0.25, 0.3) is 0 Å². The van der Waals surface area contributed by atoms with Crippen molar-refractivity contribution in [1.29, 1.82) is 0 Å². The van der Waals surface area contributed by atoms with Crippen LogP contribution in [0.3, 0.4) is 0 Å². The molecule has 16 heteroatoms. The van der Waals surface area contributed by atoms with Crippen LogP contribution in [-0.4, -0.2) is 107 Å². The summed E-state index contributed by atoms with van der Waals surface area (Å²) in [6.45, 7) is 12.9. The maximum absolute atomic E-state index is 13.6. The van der Waals surface area contributed by atoms with Crippen molar-refractivity contribution in [2.24, 2.45) is 5.92 Å². The number of Topliss-reactive ketones (excluding diaryl/α,β-unsaturated/α-hetero) is 1. The van der Waals surface area contributed by atoms with E-state index in [1.54, 1.807) is 67.6 Å². The molecule has 2 aromatic carbocycles. The normalized spacial score (nSPS) is 12.6. The SMILES string of the molecule is CC(=O)CNC(=O)C(c1ccc(OC(=O)OC(C)(C)C)c(-c2cc(CC(C)C(=O)O)ccc2O)c1)N(C)C(=O)CNSCCN(C)C(=O)OC(C)(C)C. The Bertz CT molecular complexity index is 1650. The number of carbonyl (C=O) groups excluding carboxylic acids is 5. The Morgan fingerprint density at radius 3 is 2.11 bits per heavy atom. The van der Waals surface area contributed by atoms with Gasteiger partial charge < -0.3 is 39.5 Å². The number of likely N-dealkylation sites (N-methyl/N-ethyl adjacent to an activating group) is 1. The molecule has 0 saturated heterocycles. The Labute approximate surface area is 314 Å². The van der Waals surface area contributed by atoms with Crippen molar-refractivity contribution >= 4 is 47.8 Å². The number of benzene rings is 2. The van der Waals surface area contributed by atoms with Crippen LogP contribution in [0.4, 0.5) is 9.59 Å². The molecule has 0 aromatic heterocycles. The average Bonchev–Trinajstić information content (AvgIpc) is 3.03. The summed E-state index contributed by atoms with van der Waals surface area (Å²) in [6, 6.07) is 7.53. The lowest BCUT2D eigenvalue weighted by Gasteiger charge is -2.28. The fourth-order valence-electron chi connectivity index (χ4n) is 4.67. The largest absolute Gasteiger partial charge is 0.514 e. The maximum atomic E-state index is 13.6. The van der Waals surface area contributed by atoms with Gasteiger partial charge in [0.05, 0.1) is 19.0 Å². The molecular formula is C37H52N4O11S. The minimum Gasteiger partial charge on any atom is -0.507 e. The predicted molar refractivity (Wildman–Crippen MR) is 199 cm³/mol. The lowest BCUT2D eigenvalue weighted by Crippen LogP contribution is -2.45. The van der Waals surface area contributed by atoms with Gasteiger partial charge in [-0.25, -0.2) is 9.59 Å². The third-order valence-electron chi connectivity index (χ3n) is 7.32. The van der Waals surface area contributed by atoms with E-state index in [0.29, 0.717) is 17.9 Å². The van der Waals surface area contributed by atoms with Gasteiger partial charge in [0.15, 0.2) is 0 Å². The van der Waals surface area contributed by atoms with Gasteiger partial charge in [-0.1, -0.05) is 31.0 Å². The second kappa shape index (κ2) is 19.3. The Morgan fingerprint density at radius 1 is 0.887 bits per heavy atom. The van der Waals surface area contributed by atoms with E-state index in [1.165, 1.54) is 60.0 Å². The van der Waals surface area contributed by atoms with Gasteiger partial charge in [-0.15, -0.1) is 0 Å². The van der Waals surface area contributed by atoms with E-state index in [9.17, 15) is 39.0 Å². The number of nitrogens with one attached hydrogen (secondary N) is 2. The minimum atomic E-state index is -1.29. The highest BCUT2D eigenvalue weighted by molar-refractivity contribution is 7.97. The number of phenols is 1.